The molecule has 6 heteroatoms. The minimum atomic E-state index is -3.15. The number of sulfonamides is 1. The first-order chi connectivity index (χ1) is 7.12. The monoisotopic (exact) mass is 234 g/mol. The second-order valence-corrected chi connectivity index (χ2v) is 5.10. The second kappa shape index (κ2) is 8.65. The minimum absolute atomic E-state index is 0.0963. The van der Waals surface area contributed by atoms with Gasteiger partial charge < -0.3 is 4.74 Å². The van der Waals surface area contributed by atoms with Crippen molar-refractivity contribution in [2.45, 2.75) is 25.7 Å². The topological polar surface area (TPSA) is 79.2 Å². The molecule has 15 heavy (non-hydrogen) atoms. The van der Waals surface area contributed by atoms with Crippen LogP contribution in [0.1, 0.15) is 25.7 Å². The molecule has 0 atom stereocenters. The van der Waals surface area contributed by atoms with Gasteiger partial charge in [-0.25, -0.2) is 13.1 Å². The van der Waals surface area contributed by atoms with Gasteiger partial charge in [-0.2, -0.15) is 5.26 Å². The van der Waals surface area contributed by atoms with Crippen molar-refractivity contribution in [3.63, 3.8) is 0 Å². The minimum Gasteiger partial charge on any atom is -0.385 e. The van der Waals surface area contributed by atoms with Crippen LogP contribution in [-0.2, 0) is 14.8 Å². The standard InChI is InChI=1S/C9H18N2O3S/c1-14-8-5-9-15(12,13)11-7-4-2-3-6-10/h11H,2-5,7-9H2,1H3. The molecule has 0 amide bonds. The van der Waals surface area contributed by atoms with Gasteiger partial charge in [0.25, 0.3) is 0 Å². The fourth-order valence-electron chi connectivity index (χ4n) is 1.02. The zero-order valence-corrected chi connectivity index (χ0v) is 9.85. The molecule has 0 rings (SSSR count). The third-order valence-corrected chi connectivity index (χ3v) is 3.27. The van der Waals surface area contributed by atoms with Crippen LogP contribution in [0.15, 0.2) is 0 Å². The lowest BCUT2D eigenvalue weighted by Gasteiger charge is -2.05. The summed E-state index contributed by atoms with van der Waals surface area (Å²) < 4.78 is 29.9. The van der Waals surface area contributed by atoms with Crippen LogP contribution in [0.2, 0.25) is 0 Å². The molecule has 0 aliphatic carbocycles. The summed E-state index contributed by atoms with van der Waals surface area (Å²) in [7, 11) is -1.61. The highest BCUT2D eigenvalue weighted by molar-refractivity contribution is 7.89. The Bertz CT molecular complexity index is 282. The molecule has 0 aromatic carbocycles. The van der Waals surface area contributed by atoms with Gasteiger partial charge in [0.15, 0.2) is 0 Å². The lowest BCUT2D eigenvalue weighted by atomic mass is 10.2. The van der Waals surface area contributed by atoms with Crippen LogP contribution < -0.4 is 4.72 Å². The fourth-order valence-corrected chi connectivity index (χ4v) is 2.12. The highest BCUT2D eigenvalue weighted by atomic mass is 32.2. The summed E-state index contributed by atoms with van der Waals surface area (Å²) in [6.45, 7) is 0.867. The third kappa shape index (κ3) is 9.66. The molecule has 0 bridgehead atoms. The Labute approximate surface area is 91.5 Å². The lowest BCUT2D eigenvalue weighted by Crippen LogP contribution is -2.27. The van der Waals surface area contributed by atoms with E-state index in [0.29, 0.717) is 32.4 Å². The average molecular weight is 234 g/mol. The molecule has 0 aliphatic rings. The number of nitrogens with zero attached hydrogens (tertiary/aromatic N) is 1. The molecule has 5 nitrogen and oxygen atoms in total. The van der Waals surface area contributed by atoms with Crippen molar-refractivity contribution in [1.82, 2.24) is 4.72 Å². The summed E-state index contributed by atoms with van der Waals surface area (Å²) in [5.41, 5.74) is 0. The van der Waals surface area contributed by atoms with E-state index in [2.05, 4.69) is 4.72 Å². The van der Waals surface area contributed by atoms with E-state index in [0.717, 1.165) is 6.42 Å². The lowest BCUT2D eigenvalue weighted by molar-refractivity contribution is 0.199. The van der Waals surface area contributed by atoms with Gasteiger partial charge in [-0.15, -0.1) is 0 Å². The second-order valence-electron chi connectivity index (χ2n) is 3.17. The normalized spacial score (nSPS) is 11.2. The Kier molecular flexibility index (Phi) is 8.28. The molecule has 0 unspecified atom stereocenters. The average Bonchev–Trinajstić information content (AvgIpc) is 2.17. The number of ether oxygens (including phenoxy) is 1. The predicted octanol–water partition coefficient (Wildman–Crippen LogP) is 0.636. The Morgan fingerprint density at radius 2 is 2.07 bits per heavy atom. The number of methoxy groups -OCH3 is 1. The van der Waals surface area contributed by atoms with E-state index < -0.39 is 10.0 Å². The van der Waals surface area contributed by atoms with E-state index in [-0.39, 0.29) is 5.75 Å². The molecule has 0 fully saturated rings. The van der Waals surface area contributed by atoms with Crippen LogP contribution in [0.3, 0.4) is 0 Å². The first-order valence-corrected chi connectivity index (χ1v) is 6.61. The Morgan fingerprint density at radius 3 is 2.67 bits per heavy atom. The molecule has 1 N–H and O–H groups in total. The number of hydrogen-bond acceptors (Lipinski definition) is 4. The van der Waals surface area contributed by atoms with Gasteiger partial charge in [-0.1, -0.05) is 0 Å². The van der Waals surface area contributed by atoms with Crippen molar-refractivity contribution in [3.8, 4) is 6.07 Å². The van der Waals surface area contributed by atoms with E-state index >= 15 is 0 Å². The van der Waals surface area contributed by atoms with Crippen molar-refractivity contribution < 1.29 is 13.2 Å². The number of rotatable bonds is 9. The van der Waals surface area contributed by atoms with Crippen LogP contribution in [0, 0.1) is 11.3 Å². The summed E-state index contributed by atoms with van der Waals surface area (Å²) >= 11 is 0. The van der Waals surface area contributed by atoms with E-state index in [1.54, 1.807) is 7.11 Å². The molecule has 0 aromatic rings. The summed E-state index contributed by atoms with van der Waals surface area (Å²) in [5.74, 6) is 0.0963. The first-order valence-electron chi connectivity index (χ1n) is 4.95. The zero-order chi connectivity index (χ0) is 11.6. The van der Waals surface area contributed by atoms with Crippen LogP contribution >= 0.6 is 0 Å². The number of hydrogen-bond donors (Lipinski definition) is 1. The van der Waals surface area contributed by atoms with E-state index in [1.165, 1.54) is 0 Å². The summed E-state index contributed by atoms with van der Waals surface area (Å²) in [5, 5.41) is 8.27. The van der Waals surface area contributed by atoms with Crippen LogP contribution in [0.5, 0.6) is 0 Å². The molecular weight excluding hydrogens is 216 g/mol. The zero-order valence-electron chi connectivity index (χ0n) is 9.03. The Balaban J connectivity index is 3.53. The molecule has 0 aliphatic heterocycles. The highest BCUT2D eigenvalue weighted by Crippen LogP contribution is 1.94. The van der Waals surface area contributed by atoms with E-state index in [9.17, 15) is 8.42 Å². The van der Waals surface area contributed by atoms with Crippen molar-refractivity contribution in [2.75, 3.05) is 26.0 Å². The smallest absolute Gasteiger partial charge is 0.211 e. The molecular formula is C9H18N2O3S. The largest absolute Gasteiger partial charge is 0.385 e. The quantitative estimate of drug-likeness (QED) is 0.594. The third-order valence-electron chi connectivity index (χ3n) is 1.80. The van der Waals surface area contributed by atoms with Gasteiger partial charge in [0.05, 0.1) is 11.8 Å². The van der Waals surface area contributed by atoms with Gasteiger partial charge in [0.1, 0.15) is 0 Å². The van der Waals surface area contributed by atoms with Gasteiger partial charge in [0, 0.05) is 26.7 Å². The summed E-state index contributed by atoms with van der Waals surface area (Å²) in [4.78, 5) is 0. The van der Waals surface area contributed by atoms with E-state index in [1.807, 2.05) is 6.07 Å². The molecule has 0 saturated heterocycles. The Morgan fingerprint density at radius 1 is 1.33 bits per heavy atom. The van der Waals surface area contributed by atoms with Gasteiger partial charge in [0.2, 0.25) is 10.0 Å². The van der Waals surface area contributed by atoms with Crippen LogP contribution in [0.25, 0.3) is 0 Å². The summed E-state index contributed by atoms with van der Waals surface area (Å²) in [6.07, 6.45) is 2.42. The van der Waals surface area contributed by atoms with E-state index in [4.69, 9.17) is 10.00 Å². The van der Waals surface area contributed by atoms with Crippen LogP contribution in [-0.4, -0.2) is 34.4 Å². The number of unbranched alkanes of at least 4 members (excludes halogenated alkanes) is 2. The van der Waals surface area contributed by atoms with Gasteiger partial charge in [-0.3, -0.25) is 0 Å². The molecule has 0 heterocycles. The maximum Gasteiger partial charge on any atom is 0.211 e. The predicted molar refractivity (Wildman–Crippen MR) is 57.7 cm³/mol. The van der Waals surface area contributed by atoms with Crippen molar-refractivity contribution in [3.05, 3.63) is 0 Å². The fraction of sp³-hybridized carbons (Fsp3) is 0.889. The van der Waals surface area contributed by atoms with Crippen LogP contribution in [0.4, 0.5) is 0 Å². The first kappa shape index (κ1) is 14.4. The molecule has 88 valence electrons. The maximum absolute atomic E-state index is 11.3. The number of nitrogens with one attached hydrogen (secondary N) is 1. The summed E-state index contributed by atoms with van der Waals surface area (Å²) in [6, 6.07) is 2.01. The SMILES string of the molecule is COCCCS(=O)(=O)NCCCCC#N. The van der Waals surface area contributed by atoms with Gasteiger partial charge >= 0.3 is 0 Å². The Hall–Kier alpha value is -0.640. The maximum atomic E-state index is 11.3. The molecule has 0 radical (unpaired) electrons. The molecule has 0 saturated carbocycles. The van der Waals surface area contributed by atoms with Gasteiger partial charge in [-0.05, 0) is 19.3 Å². The van der Waals surface area contributed by atoms with Crippen molar-refractivity contribution in [1.29, 1.82) is 5.26 Å². The highest BCUT2D eigenvalue weighted by Gasteiger charge is 2.08. The molecule has 0 aromatic heterocycles. The molecule has 0 spiro atoms. The number of nitriles is 1. The van der Waals surface area contributed by atoms with Crippen molar-refractivity contribution in [2.24, 2.45) is 0 Å². The van der Waals surface area contributed by atoms with Crippen molar-refractivity contribution >= 4 is 10.0 Å².